The summed E-state index contributed by atoms with van der Waals surface area (Å²) in [6.07, 6.45) is 4.44. The van der Waals surface area contributed by atoms with Gasteiger partial charge in [-0.1, -0.05) is 49.9 Å². The Kier molecular flexibility index (Phi) is 6.72. The van der Waals surface area contributed by atoms with E-state index in [4.69, 9.17) is 23.2 Å². The number of carbonyl (C=O) groups is 1. The van der Waals surface area contributed by atoms with Crippen molar-refractivity contribution in [3.8, 4) is 0 Å². The molecule has 6 heteroatoms. The van der Waals surface area contributed by atoms with E-state index in [2.05, 4.69) is 24.3 Å². The highest BCUT2D eigenvalue weighted by atomic mass is 35.5. The molecule has 1 N–H and O–H groups in total. The lowest BCUT2D eigenvalue weighted by atomic mass is 10.0. The molecule has 0 aliphatic carbocycles. The largest absolute Gasteiger partial charge is 0.313 e. The molecular weight excluding hydrogens is 333 g/mol. The van der Waals surface area contributed by atoms with E-state index in [1.165, 1.54) is 0 Å². The minimum absolute atomic E-state index is 0.0445. The smallest absolute Gasteiger partial charge is 0.225 e. The molecule has 0 fully saturated rings. The molecule has 0 bridgehead atoms. The van der Waals surface area contributed by atoms with Crippen LogP contribution in [-0.4, -0.2) is 18.3 Å². The predicted octanol–water partition coefficient (Wildman–Crippen LogP) is 4.85. The number of hydrogen-bond acceptors (Lipinski definition) is 3. The molecule has 1 aromatic rings. The molecule has 4 nitrogen and oxygen atoms in total. The summed E-state index contributed by atoms with van der Waals surface area (Å²) in [5, 5.41) is 10.2. The Morgan fingerprint density at radius 3 is 2.87 bits per heavy atom. The second kappa shape index (κ2) is 8.55. The van der Waals surface area contributed by atoms with Crippen LogP contribution in [0.15, 0.2) is 23.3 Å². The first kappa shape index (κ1) is 18.1. The van der Waals surface area contributed by atoms with Gasteiger partial charge in [-0.25, -0.2) is 0 Å². The Balaban J connectivity index is 1.85. The van der Waals surface area contributed by atoms with Gasteiger partial charge in [-0.2, -0.15) is 5.10 Å². The van der Waals surface area contributed by atoms with Crippen LogP contribution in [0.3, 0.4) is 0 Å². The van der Waals surface area contributed by atoms with Crippen LogP contribution in [0.1, 0.15) is 46.0 Å². The Labute approximate surface area is 147 Å². The van der Waals surface area contributed by atoms with Crippen LogP contribution in [0.4, 0.5) is 5.69 Å². The van der Waals surface area contributed by atoms with E-state index in [1.807, 2.05) is 11.1 Å². The Morgan fingerprint density at radius 2 is 2.17 bits per heavy atom. The summed E-state index contributed by atoms with van der Waals surface area (Å²) in [5.74, 6) is 1.43. The monoisotopic (exact) mass is 355 g/mol. The van der Waals surface area contributed by atoms with Gasteiger partial charge in [0.15, 0.2) is 0 Å². The minimum atomic E-state index is 0.0445. The molecule has 0 spiro atoms. The summed E-state index contributed by atoms with van der Waals surface area (Å²) in [4.78, 5) is 12.0. The van der Waals surface area contributed by atoms with Crippen LogP contribution in [0.25, 0.3) is 0 Å². The molecule has 0 saturated heterocycles. The van der Waals surface area contributed by atoms with Crippen LogP contribution in [-0.2, 0) is 4.79 Å². The fourth-order valence-corrected chi connectivity index (χ4v) is 2.71. The molecule has 1 atom stereocenters. The third-order valence-corrected chi connectivity index (χ3v) is 4.82. The number of carbonyl (C=O) groups excluding carboxylic acids is 1. The van der Waals surface area contributed by atoms with Crippen molar-refractivity contribution in [3.63, 3.8) is 0 Å². The molecule has 1 aromatic carbocycles. The van der Waals surface area contributed by atoms with Crippen molar-refractivity contribution in [2.45, 2.75) is 46.0 Å². The van der Waals surface area contributed by atoms with Gasteiger partial charge in [0.1, 0.15) is 5.84 Å². The van der Waals surface area contributed by atoms with Crippen molar-refractivity contribution in [2.75, 3.05) is 11.6 Å². The number of nitrogens with one attached hydrogen (secondary N) is 1. The number of halogens is 2. The molecule has 1 aliphatic heterocycles. The molecular formula is C17H23Cl2N3O. The fourth-order valence-electron chi connectivity index (χ4n) is 2.42. The maximum atomic E-state index is 12.0. The summed E-state index contributed by atoms with van der Waals surface area (Å²) in [6, 6.07) is 5.40. The van der Waals surface area contributed by atoms with Crippen molar-refractivity contribution in [1.29, 1.82) is 0 Å². The highest BCUT2D eigenvalue weighted by molar-refractivity contribution is 6.42. The molecule has 0 aromatic heterocycles. The maximum Gasteiger partial charge on any atom is 0.225 e. The summed E-state index contributed by atoms with van der Waals surface area (Å²) >= 11 is 12.0. The van der Waals surface area contributed by atoms with Gasteiger partial charge in [-0.15, -0.1) is 0 Å². The highest BCUT2D eigenvalue weighted by Gasteiger charge is 2.18. The second-order valence-electron chi connectivity index (χ2n) is 5.97. The molecule has 1 amide bonds. The average Bonchev–Trinajstić information content (AvgIpc) is 2.98. The first-order valence-electron chi connectivity index (χ1n) is 8.09. The zero-order chi connectivity index (χ0) is 16.8. The third-order valence-electron chi connectivity index (χ3n) is 4.08. The lowest BCUT2D eigenvalue weighted by Crippen LogP contribution is -2.29. The number of benzene rings is 1. The van der Waals surface area contributed by atoms with Crippen LogP contribution >= 0.6 is 23.2 Å². The molecule has 23 heavy (non-hydrogen) atoms. The number of rotatable bonds is 6. The molecule has 0 radical (unpaired) electrons. The quantitative estimate of drug-likeness (QED) is 0.792. The summed E-state index contributed by atoms with van der Waals surface area (Å²) in [7, 11) is 0. The van der Waals surface area contributed by atoms with E-state index in [0.717, 1.165) is 37.9 Å². The Morgan fingerprint density at radius 1 is 1.39 bits per heavy atom. The standard InChI is InChI=1S/C17H23Cl2N3O/c1-3-12(2)5-4-6-17(23)20-16-9-10-22(21-16)13-7-8-14(18)15(19)11-13/h7-8,11-12H,3-6,9-10H2,1-2H3,(H,20,21,23). The van der Waals surface area contributed by atoms with Gasteiger partial charge in [-0.05, 0) is 30.5 Å². The van der Waals surface area contributed by atoms with E-state index >= 15 is 0 Å². The average molecular weight is 356 g/mol. The van der Waals surface area contributed by atoms with Gasteiger partial charge in [0.25, 0.3) is 0 Å². The van der Waals surface area contributed by atoms with Gasteiger partial charge in [-0.3, -0.25) is 9.80 Å². The van der Waals surface area contributed by atoms with Gasteiger partial charge >= 0.3 is 0 Å². The maximum absolute atomic E-state index is 12.0. The van der Waals surface area contributed by atoms with Crippen LogP contribution in [0.2, 0.25) is 10.0 Å². The molecule has 126 valence electrons. The number of hydrogen-bond donors (Lipinski definition) is 1. The molecule has 1 aliphatic rings. The van der Waals surface area contributed by atoms with Crippen LogP contribution in [0, 0.1) is 5.92 Å². The van der Waals surface area contributed by atoms with E-state index in [1.54, 1.807) is 12.1 Å². The molecule has 2 rings (SSSR count). The van der Waals surface area contributed by atoms with Crippen molar-refractivity contribution in [2.24, 2.45) is 11.0 Å². The SMILES string of the molecule is CCC(C)CCCC(=O)NC1=NN(c2ccc(Cl)c(Cl)c2)CC1. The Hall–Kier alpha value is -1.26. The second-order valence-corrected chi connectivity index (χ2v) is 6.79. The Bertz CT molecular complexity index is 589. The number of amides is 1. The van der Waals surface area contributed by atoms with Crippen molar-refractivity contribution >= 4 is 40.6 Å². The normalized spacial score (nSPS) is 15.5. The lowest BCUT2D eigenvalue weighted by Gasteiger charge is -2.13. The molecule has 0 saturated carbocycles. The number of amidine groups is 1. The summed E-state index contributed by atoms with van der Waals surface area (Å²) in [5.41, 5.74) is 0.875. The van der Waals surface area contributed by atoms with E-state index in [0.29, 0.717) is 28.2 Å². The van der Waals surface area contributed by atoms with Gasteiger partial charge < -0.3 is 5.32 Å². The predicted molar refractivity (Wildman–Crippen MR) is 97.3 cm³/mol. The topological polar surface area (TPSA) is 44.7 Å². The zero-order valence-electron chi connectivity index (χ0n) is 13.6. The molecule has 1 heterocycles. The third kappa shape index (κ3) is 5.40. The van der Waals surface area contributed by atoms with Crippen molar-refractivity contribution < 1.29 is 4.79 Å². The first-order chi connectivity index (χ1) is 11.0. The van der Waals surface area contributed by atoms with Crippen molar-refractivity contribution in [1.82, 2.24) is 5.32 Å². The summed E-state index contributed by atoms with van der Waals surface area (Å²) < 4.78 is 0. The van der Waals surface area contributed by atoms with Gasteiger partial charge in [0.05, 0.1) is 15.7 Å². The zero-order valence-corrected chi connectivity index (χ0v) is 15.1. The van der Waals surface area contributed by atoms with E-state index < -0.39 is 0 Å². The van der Waals surface area contributed by atoms with Gasteiger partial charge in [0.2, 0.25) is 5.91 Å². The lowest BCUT2D eigenvalue weighted by molar-refractivity contribution is -0.119. The highest BCUT2D eigenvalue weighted by Crippen LogP contribution is 2.28. The molecule has 1 unspecified atom stereocenters. The van der Waals surface area contributed by atoms with Crippen LogP contribution < -0.4 is 10.3 Å². The van der Waals surface area contributed by atoms with E-state index in [9.17, 15) is 4.79 Å². The van der Waals surface area contributed by atoms with Crippen LogP contribution in [0.5, 0.6) is 0 Å². The van der Waals surface area contributed by atoms with Crippen molar-refractivity contribution in [3.05, 3.63) is 28.2 Å². The minimum Gasteiger partial charge on any atom is -0.313 e. The van der Waals surface area contributed by atoms with Gasteiger partial charge in [0, 0.05) is 19.4 Å². The fraction of sp³-hybridized carbons (Fsp3) is 0.529. The summed E-state index contributed by atoms with van der Waals surface area (Å²) in [6.45, 7) is 5.12. The first-order valence-corrected chi connectivity index (χ1v) is 8.85. The number of hydrazone groups is 1. The van der Waals surface area contributed by atoms with E-state index in [-0.39, 0.29) is 5.91 Å². The number of nitrogens with zero attached hydrogens (tertiary/aromatic N) is 2. The number of anilines is 1.